The molecule has 5 heteroatoms. The zero-order valence-corrected chi connectivity index (χ0v) is 11.2. The van der Waals surface area contributed by atoms with Gasteiger partial charge in [-0.1, -0.05) is 13.8 Å². The number of nitrogens with two attached hydrogens (primary N) is 1. The molecule has 0 spiro atoms. The smallest absolute Gasteiger partial charge is 0.238 e. The van der Waals surface area contributed by atoms with E-state index in [9.17, 15) is 9.59 Å². The van der Waals surface area contributed by atoms with Crippen LogP contribution < -0.4 is 11.1 Å². The second-order valence-corrected chi connectivity index (χ2v) is 5.69. The molecule has 0 aliphatic heterocycles. The fourth-order valence-corrected chi connectivity index (χ4v) is 2.05. The topological polar surface area (TPSA) is 75.4 Å². The lowest BCUT2D eigenvalue weighted by Gasteiger charge is -2.31. The molecule has 3 N–H and O–H groups in total. The van der Waals surface area contributed by atoms with E-state index in [4.69, 9.17) is 5.73 Å². The average Bonchev–Trinajstić information content (AvgIpc) is 3.07. The summed E-state index contributed by atoms with van der Waals surface area (Å²) < 4.78 is 0. The summed E-state index contributed by atoms with van der Waals surface area (Å²) in [6.45, 7) is 5.10. The van der Waals surface area contributed by atoms with Gasteiger partial charge in [0, 0.05) is 20.6 Å². The van der Waals surface area contributed by atoms with Gasteiger partial charge in [0.05, 0.1) is 0 Å². The van der Waals surface area contributed by atoms with Crippen LogP contribution in [0.2, 0.25) is 0 Å². The summed E-state index contributed by atoms with van der Waals surface area (Å²) in [6, 6.07) is 0. The van der Waals surface area contributed by atoms with Crippen molar-refractivity contribution in [1.82, 2.24) is 10.2 Å². The highest BCUT2D eigenvalue weighted by atomic mass is 16.2. The number of nitrogens with one attached hydrogen (secondary N) is 1. The van der Waals surface area contributed by atoms with Crippen molar-refractivity contribution in [2.75, 3.05) is 27.2 Å². The monoisotopic (exact) mass is 241 g/mol. The van der Waals surface area contributed by atoms with Crippen molar-refractivity contribution in [2.45, 2.75) is 26.7 Å². The minimum atomic E-state index is -0.797. The lowest BCUT2D eigenvalue weighted by atomic mass is 9.92. The Morgan fingerprint density at radius 3 is 2.29 bits per heavy atom. The summed E-state index contributed by atoms with van der Waals surface area (Å²) in [6.07, 6.45) is 1.30. The van der Waals surface area contributed by atoms with Crippen LogP contribution in [0.4, 0.5) is 0 Å². The van der Waals surface area contributed by atoms with Gasteiger partial charge in [-0.15, -0.1) is 0 Å². The fourth-order valence-electron chi connectivity index (χ4n) is 2.05. The molecule has 0 unspecified atom stereocenters. The van der Waals surface area contributed by atoms with Crippen molar-refractivity contribution < 1.29 is 9.59 Å². The van der Waals surface area contributed by atoms with Crippen molar-refractivity contribution in [3.05, 3.63) is 0 Å². The predicted molar refractivity (Wildman–Crippen MR) is 66.2 cm³/mol. The van der Waals surface area contributed by atoms with Gasteiger partial charge in [0.25, 0.3) is 0 Å². The van der Waals surface area contributed by atoms with Gasteiger partial charge in [0.1, 0.15) is 5.41 Å². The number of carbonyl (C=O) groups excluding carboxylic acids is 2. The molecule has 0 bridgehead atoms. The van der Waals surface area contributed by atoms with Crippen molar-refractivity contribution in [1.29, 1.82) is 0 Å². The van der Waals surface area contributed by atoms with Crippen molar-refractivity contribution in [3.63, 3.8) is 0 Å². The molecule has 0 radical (unpaired) electrons. The SMILES string of the molecule is CNC(=O)C1(C(=O)N(C)CC(C)(C)CN)CC1. The van der Waals surface area contributed by atoms with E-state index in [0.717, 1.165) is 0 Å². The highest BCUT2D eigenvalue weighted by Crippen LogP contribution is 2.47. The van der Waals surface area contributed by atoms with Crippen LogP contribution >= 0.6 is 0 Å². The summed E-state index contributed by atoms with van der Waals surface area (Å²) >= 11 is 0. The van der Waals surface area contributed by atoms with Gasteiger partial charge in [0.15, 0.2) is 0 Å². The Hall–Kier alpha value is -1.10. The van der Waals surface area contributed by atoms with Gasteiger partial charge < -0.3 is 16.0 Å². The molecule has 17 heavy (non-hydrogen) atoms. The van der Waals surface area contributed by atoms with Crippen LogP contribution in [0.5, 0.6) is 0 Å². The van der Waals surface area contributed by atoms with E-state index >= 15 is 0 Å². The number of rotatable bonds is 5. The largest absolute Gasteiger partial charge is 0.358 e. The first kappa shape index (κ1) is 14.0. The first-order valence-electron chi connectivity index (χ1n) is 5.97. The summed E-state index contributed by atoms with van der Waals surface area (Å²) in [7, 11) is 3.31. The third kappa shape index (κ3) is 2.77. The third-order valence-corrected chi connectivity index (χ3v) is 3.39. The Labute approximate surface area is 103 Å². The quantitative estimate of drug-likeness (QED) is 0.663. The van der Waals surface area contributed by atoms with Crippen LogP contribution in [0.15, 0.2) is 0 Å². The Kier molecular flexibility index (Phi) is 3.81. The number of amides is 2. The molecule has 0 aromatic heterocycles. The molecule has 5 nitrogen and oxygen atoms in total. The van der Waals surface area contributed by atoms with Crippen LogP contribution in [0, 0.1) is 10.8 Å². The van der Waals surface area contributed by atoms with Crippen LogP contribution in [-0.2, 0) is 9.59 Å². The van der Waals surface area contributed by atoms with Crippen LogP contribution in [0.25, 0.3) is 0 Å². The molecule has 1 aliphatic carbocycles. The Bertz CT molecular complexity index is 322. The van der Waals surface area contributed by atoms with Crippen molar-refractivity contribution in [3.8, 4) is 0 Å². The molecular weight excluding hydrogens is 218 g/mol. The molecule has 1 fully saturated rings. The molecule has 1 rings (SSSR count). The number of nitrogens with zero attached hydrogens (tertiary/aromatic N) is 1. The molecule has 98 valence electrons. The Morgan fingerprint density at radius 2 is 1.94 bits per heavy atom. The van der Waals surface area contributed by atoms with Gasteiger partial charge in [-0.3, -0.25) is 9.59 Å². The van der Waals surface area contributed by atoms with Crippen LogP contribution in [0.3, 0.4) is 0 Å². The van der Waals surface area contributed by atoms with E-state index in [1.807, 2.05) is 13.8 Å². The molecule has 1 saturated carbocycles. The van der Waals surface area contributed by atoms with Gasteiger partial charge in [-0.2, -0.15) is 0 Å². The molecule has 0 atom stereocenters. The van der Waals surface area contributed by atoms with Gasteiger partial charge >= 0.3 is 0 Å². The van der Waals surface area contributed by atoms with E-state index in [1.54, 1.807) is 19.0 Å². The number of hydrogen-bond acceptors (Lipinski definition) is 3. The molecule has 1 aliphatic rings. The van der Waals surface area contributed by atoms with Gasteiger partial charge in [0.2, 0.25) is 11.8 Å². The number of hydrogen-bond donors (Lipinski definition) is 2. The van der Waals surface area contributed by atoms with E-state index in [0.29, 0.717) is 25.9 Å². The molecule has 0 saturated heterocycles. The molecule has 0 heterocycles. The zero-order valence-electron chi connectivity index (χ0n) is 11.2. The summed E-state index contributed by atoms with van der Waals surface area (Å²) in [5.41, 5.74) is 4.73. The molecule has 0 aromatic rings. The second-order valence-electron chi connectivity index (χ2n) is 5.69. The van der Waals surface area contributed by atoms with Crippen LogP contribution in [-0.4, -0.2) is 43.9 Å². The molecule has 0 aromatic carbocycles. The standard InChI is InChI=1S/C12H23N3O2/c1-11(2,7-13)8-15(4)10(17)12(5-6-12)9(16)14-3/h5-8,13H2,1-4H3,(H,14,16). The van der Waals surface area contributed by atoms with Crippen LogP contribution in [0.1, 0.15) is 26.7 Å². The summed E-state index contributed by atoms with van der Waals surface area (Å²) in [4.78, 5) is 25.6. The normalized spacial score (nSPS) is 17.5. The Balaban J connectivity index is 2.68. The second kappa shape index (κ2) is 4.64. The first-order valence-corrected chi connectivity index (χ1v) is 5.97. The average molecular weight is 241 g/mol. The Morgan fingerprint density at radius 1 is 1.41 bits per heavy atom. The maximum atomic E-state index is 12.2. The van der Waals surface area contributed by atoms with Gasteiger partial charge in [-0.25, -0.2) is 0 Å². The summed E-state index contributed by atoms with van der Waals surface area (Å²) in [5, 5.41) is 2.57. The predicted octanol–water partition coefficient (Wildman–Crippen LogP) is -0.0441. The zero-order chi connectivity index (χ0) is 13.3. The highest BCUT2D eigenvalue weighted by molar-refractivity contribution is 6.07. The van der Waals surface area contributed by atoms with E-state index in [-0.39, 0.29) is 17.2 Å². The molecular formula is C12H23N3O2. The maximum Gasteiger partial charge on any atom is 0.238 e. The van der Waals surface area contributed by atoms with E-state index < -0.39 is 5.41 Å². The minimum absolute atomic E-state index is 0.0848. The third-order valence-electron chi connectivity index (χ3n) is 3.39. The van der Waals surface area contributed by atoms with Crippen molar-refractivity contribution >= 4 is 11.8 Å². The minimum Gasteiger partial charge on any atom is -0.358 e. The van der Waals surface area contributed by atoms with E-state index in [2.05, 4.69) is 5.32 Å². The van der Waals surface area contributed by atoms with Gasteiger partial charge in [-0.05, 0) is 24.8 Å². The lowest BCUT2D eigenvalue weighted by Crippen LogP contribution is -2.47. The fraction of sp³-hybridized carbons (Fsp3) is 0.833. The van der Waals surface area contributed by atoms with Crippen molar-refractivity contribution in [2.24, 2.45) is 16.6 Å². The van der Waals surface area contributed by atoms with E-state index in [1.165, 1.54) is 0 Å². The lowest BCUT2D eigenvalue weighted by molar-refractivity contribution is -0.144. The number of carbonyl (C=O) groups is 2. The summed E-state index contributed by atoms with van der Waals surface area (Å²) in [5.74, 6) is -0.252. The first-order chi connectivity index (χ1) is 7.79. The highest BCUT2D eigenvalue weighted by Gasteiger charge is 2.57. The maximum absolute atomic E-state index is 12.2. The molecule has 2 amide bonds.